The first-order valence-electron chi connectivity index (χ1n) is 10.1. The quantitative estimate of drug-likeness (QED) is 0.544. The zero-order chi connectivity index (χ0) is 19.5. The van der Waals surface area contributed by atoms with E-state index in [1.54, 1.807) is 0 Å². The molecule has 28 heavy (non-hydrogen) atoms. The highest BCUT2D eigenvalue weighted by Gasteiger charge is 2.22. The maximum atomic E-state index is 4.87. The smallest absolute Gasteiger partial charge is 0.229 e. The molecule has 1 aliphatic rings. The van der Waals surface area contributed by atoms with Gasteiger partial charge in [-0.15, -0.1) is 0 Å². The summed E-state index contributed by atoms with van der Waals surface area (Å²) in [4.78, 5) is 13.8. The fourth-order valence-electron chi connectivity index (χ4n) is 3.96. The second kappa shape index (κ2) is 7.97. The third-order valence-corrected chi connectivity index (χ3v) is 5.53. The number of nitrogens with one attached hydrogen (secondary N) is 1. The summed E-state index contributed by atoms with van der Waals surface area (Å²) in [5.74, 6) is 0.567. The van der Waals surface area contributed by atoms with Crippen molar-refractivity contribution in [3.63, 3.8) is 0 Å². The Balaban J connectivity index is 1.73. The molecule has 0 aromatic carbocycles. The van der Waals surface area contributed by atoms with Crippen molar-refractivity contribution in [3.8, 4) is 0 Å². The average Bonchev–Trinajstić information content (AvgIpc) is 3.06. The number of hydrogen-bond donors (Lipinski definition) is 1. The molecule has 4 rings (SSSR count). The van der Waals surface area contributed by atoms with E-state index in [9.17, 15) is 0 Å². The molecule has 1 N–H and O–H groups in total. The predicted molar refractivity (Wildman–Crippen MR) is 116 cm³/mol. The van der Waals surface area contributed by atoms with Crippen molar-refractivity contribution in [3.05, 3.63) is 61.2 Å². The molecule has 3 aromatic heterocycles. The lowest BCUT2D eigenvalue weighted by Gasteiger charge is -2.24. The highest BCUT2D eigenvalue weighted by atomic mass is 15.2. The van der Waals surface area contributed by atoms with Gasteiger partial charge < -0.3 is 9.88 Å². The van der Waals surface area contributed by atoms with Crippen LogP contribution in [-0.4, -0.2) is 19.5 Å². The number of fused-ring (bicyclic) bond motifs is 3. The molecule has 0 atom stereocenters. The Morgan fingerprint density at radius 2 is 2.00 bits per heavy atom. The van der Waals surface area contributed by atoms with Crippen molar-refractivity contribution >= 4 is 27.9 Å². The molecule has 0 amide bonds. The van der Waals surface area contributed by atoms with E-state index in [0.29, 0.717) is 12.0 Å². The molecular weight excluding hydrogens is 346 g/mol. The summed E-state index contributed by atoms with van der Waals surface area (Å²) in [6, 6.07) is 2.53. The summed E-state index contributed by atoms with van der Waals surface area (Å²) in [7, 11) is 0. The first kappa shape index (κ1) is 18.4. The van der Waals surface area contributed by atoms with E-state index < -0.39 is 0 Å². The van der Waals surface area contributed by atoms with Crippen molar-refractivity contribution < 1.29 is 0 Å². The molecule has 5 nitrogen and oxygen atoms in total. The maximum absolute atomic E-state index is 4.87. The van der Waals surface area contributed by atoms with E-state index in [2.05, 4.69) is 46.0 Å². The Morgan fingerprint density at radius 3 is 2.79 bits per heavy atom. The molecule has 1 fully saturated rings. The Labute approximate surface area is 165 Å². The van der Waals surface area contributed by atoms with Crippen molar-refractivity contribution in [1.29, 1.82) is 0 Å². The third-order valence-electron chi connectivity index (χ3n) is 5.53. The Hall–Kier alpha value is -2.95. The first-order chi connectivity index (χ1) is 13.7. The van der Waals surface area contributed by atoms with Crippen molar-refractivity contribution in [2.45, 2.75) is 51.5 Å². The lowest BCUT2D eigenvalue weighted by molar-refractivity contribution is 0.366. The van der Waals surface area contributed by atoms with Gasteiger partial charge in [0.25, 0.3) is 0 Å². The van der Waals surface area contributed by atoms with E-state index in [1.165, 1.54) is 37.5 Å². The zero-order valence-corrected chi connectivity index (χ0v) is 16.5. The number of rotatable bonds is 6. The van der Waals surface area contributed by atoms with Crippen LogP contribution in [0.1, 0.15) is 51.5 Å². The van der Waals surface area contributed by atoms with Crippen LogP contribution in [0, 0.1) is 0 Å². The van der Waals surface area contributed by atoms with Crippen LogP contribution in [-0.2, 0) is 0 Å². The van der Waals surface area contributed by atoms with Gasteiger partial charge in [0.05, 0.1) is 11.7 Å². The second-order valence-corrected chi connectivity index (χ2v) is 7.48. The van der Waals surface area contributed by atoms with E-state index in [0.717, 1.165) is 34.2 Å². The molecule has 0 bridgehead atoms. The highest BCUT2D eigenvalue weighted by Crippen LogP contribution is 2.36. The normalized spacial score (nSPS) is 15.5. The molecular formula is C23H27N5. The third kappa shape index (κ3) is 3.57. The maximum Gasteiger partial charge on any atom is 0.229 e. The average molecular weight is 374 g/mol. The van der Waals surface area contributed by atoms with Gasteiger partial charge in [0.2, 0.25) is 5.95 Å². The largest absolute Gasteiger partial charge is 0.325 e. The Kier molecular flexibility index (Phi) is 5.24. The van der Waals surface area contributed by atoms with Crippen molar-refractivity contribution in [2.75, 3.05) is 5.32 Å². The highest BCUT2D eigenvalue weighted by molar-refractivity contribution is 6.06. The first-order valence-corrected chi connectivity index (χ1v) is 10.1. The van der Waals surface area contributed by atoms with Crippen LogP contribution in [0.3, 0.4) is 0 Å². The van der Waals surface area contributed by atoms with Gasteiger partial charge in [0.15, 0.2) is 0 Å². The van der Waals surface area contributed by atoms with Crippen LogP contribution < -0.4 is 5.32 Å². The molecule has 3 heterocycles. The fraction of sp³-hybridized carbons (Fsp3) is 0.348. The van der Waals surface area contributed by atoms with Gasteiger partial charge in [-0.3, -0.25) is 4.98 Å². The standard InChI is InChI=1S/C23H27N5/c1-4-16(2)10-11-17(3)26-23-25-14-20-19-12-13-24-15-21(19)28(22(20)27-23)18-8-6-5-7-9-18/h10-15,18H,2-9H2,1H3,(H,25,26,27)/b11-10-. The summed E-state index contributed by atoms with van der Waals surface area (Å²) in [5, 5.41) is 5.46. The lowest BCUT2D eigenvalue weighted by atomic mass is 9.95. The monoisotopic (exact) mass is 373 g/mol. The van der Waals surface area contributed by atoms with Gasteiger partial charge in [0.1, 0.15) is 5.65 Å². The minimum absolute atomic E-state index is 0.469. The van der Waals surface area contributed by atoms with Crippen LogP contribution in [0.2, 0.25) is 0 Å². The second-order valence-electron chi connectivity index (χ2n) is 7.48. The number of aromatic nitrogens is 4. The molecule has 144 valence electrons. The fourth-order valence-corrected chi connectivity index (χ4v) is 3.96. The molecule has 1 aliphatic carbocycles. The van der Waals surface area contributed by atoms with E-state index in [1.807, 2.05) is 30.7 Å². The van der Waals surface area contributed by atoms with Gasteiger partial charge in [-0.05, 0) is 31.4 Å². The summed E-state index contributed by atoms with van der Waals surface area (Å²) in [6.45, 7) is 10.1. The summed E-state index contributed by atoms with van der Waals surface area (Å²) in [5.41, 5.74) is 3.93. The molecule has 0 aliphatic heterocycles. The summed E-state index contributed by atoms with van der Waals surface area (Å²) in [6.07, 6.45) is 16.8. The minimum Gasteiger partial charge on any atom is -0.325 e. The van der Waals surface area contributed by atoms with Gasteiger partial charge in [0, 0.05) is 34.9 Å². The summed E-state index contributed by atoms with van der Waals surface area (Å²) >= 11 is 0. The van der Waals surface area contributed by atoms with Gasteiger partial charge in [-0.1, -0.05) is 51.0 Å². The number of hydrogen-bond acceptors (Lipinski definition) is 4. The van der Waals surface area contributed by atoms with Gasteiger partial charge in [-0.25, -0.2) is 4.98 Å². The molecule has 3 aromatic rings. The van der Waals surface area contributed by atoms with E-state index >= 15 is 0 Å². The van der Waals surface area contributed by atoms with Crippen LogP contribution >= 0.6 is 0 Å². The number of nitrogens with zero attached hydrogens (tertiary/aromatic N) is 4. The summed E-state index contributed by atoms with van der Waals surface area (Å²) < 4.78 is 2.38. The van der Waals surface area contributed by atoms with Crippen LogP contribution in [0.5, 0.6) is 0 Å². The van der Waals surface area contributed by atoms with E-state index in [-0.39, 0.29) is 0 Å². The van der Waals surface area contributed by atoms with Crippen LogP contribution in [0.25, 0.3) is 21.9 Å². The number of pyridine rings is 1. The zero-order valence-electron chi connectivity index (χ0n) is 16.5. The molecule has 0 radical (unpaired) electrons. The van der Waals surface area contributed by atoms with Gasteiger partial charge in [-0.2, -0.15) is 4.98 Å². The van der Waals surface area contributed by atoms with Crippen LogP contribution in [0.15, 0.2) is 61.2 Å². The van der Waals surface area contributed by atoms with Crippen molar-refractivity contribution in [1.82, 2.24) is 19.5 Å². The number of anilines is 1. The van der Waals surface area contributed by atoms with Gasteiger partial charge >= 0.3 is 0 Å². The molecule has 0 spiro atoms. The molecule has 0 unspecified atom stereocenters. The Bertz CT molecular complexity index is 1050. The molecule has 5 heteroatoms. The molecule has 1 saturated carbocycles. The predicted octanol–water partition coefficient (Wildman–Crippen LogP) is 5.93. The van der Waals surface area contributed by atoms with E-state index in [4.69, 9.17) is 4.98 Å². The van der Waals surface area contributed by atoms with Crippen molar-refractivity contribution in [2.24, 2.45) is 0 Å². The SMILES string of the molecule is C=C(/C=C\C(=C)Nc1ncc2c3ccncc3n(C3CCCCC3)c2n1)CC. The number of allylic oxidation sites excluding steroid dienone is 3. The van der Waals surface area contributed by atoms with Crippen LogP contribution in [0.4, 0.5) is 5.95 Å². The minimum atomic E-state index is 0.469. The molecule has 0 saturated heterocycles. The Morgan fingerprint density at radius 1 is 1.18 bits per heavy atom. The lowest BCUT2D eigenvalue weighted by Crippen LogP contribution is -2.13. The topological polar surface area (TPSA) is 55.6 Å².